The SMILES string of the molecule is Cc1sc(-c2ccc(F)cc2)nc1CCNS(=O)(=O)c1ccc(C(C)C)c(C=O)c1. The number of aldehydes is 1. The molecule has 30 heavy (non-hydrogen) atoms. The van der Waals surface area contributed by atoms with Crippen LogP contribution >= 0.6 is 11.3 Å². The molecule has 3 rings (SSSR count). The molecule has 0 amide bonds. The van der Waals surface area contributed by atoms with Crippen molar-refractivity contribution in [3.8, 4) is 10.6 Å². The molecule has 1 N–H and O–H groups in total. The van der Waals surface area contributed by atoms with Crippen LogP contribution in [0.15, 0.2) is 47.4 Å². The van der Waals surface area contributed by atoms with Gasteiger partial charge in [-0.15, -0.1) is 11.3 Å². The second-order valence-electron chi connectivity index (χ2n) is 7.24. The van der Waals surface area contributed by atoms with Crippen LogP contribution in [-0.4, -0.2) is 26.2 Å². The van der Waals surface area contributed by atoms with Gasteiger partial charge in [0.1, 0.15) is 17.1 Å². The number of nitrogens with one attached hydrogen (secondary N) is 1. The van der Waals surface area contributed by atoms with E-state index in [1.807, 2.05) is 20.8 Å². The normalized spacial score (nSPS) is 11.8. The molecule has 1 heterocycles. The summed E-state index contributed by atoms with van der Waals surface area (Å²) in [6.45, 7) is 6.00. The standard InChI is InChI=1S/C22H23FN2O3S2/c1-14(2)20-9-8-19(12-17(20)13-26)30(27,28)24-11-10-21-15(3)29-22(25-21)16-4-6-18(23)7-5-16/h4-9,12-14,24H,10-11H2,1-3H3. The van der Waals surface area contributed by atoms with Gasteiger partial charge < -0.3 is 0 Å². The van der Waals surface area contributed by atoms with Crippen molar-refractivity contribution in [1.29, 1.82) is 0 Å². The molecule has 0 bridgehead atoms. The van der Waals surface area contributed by atoms with E-state index < -0.39 is 10.0 Å². The van der Waals surface area contributed by atoms with Crippen molar-refractivity contribution in [2.45, 2.75) is 38.0 Å². The smallest absolute Gasteiger partial charge is 0.240 e. The lowest BCUT2D eigenvalue weighted by Gasteiger charge is -2.11. The number of halogens is 1. The van der Waals surface area contributed by atoms with Gasteiger partial charge in [0.2, 0.25) is 10.0 Å². The lowest BCUT2D eigenvalue weighted by molar-refractivity contribution is 0.112. The zero-order valence-corrected chi connectivity index (χ0v) is 18.6. The maximum absolute atomic E-state index is 13.1. The van der Waals surface area contributed by atoms with E-state index in [4.69, 9.17) is 0 Å². The number of benzene rings is 2. The molecule has 0 unspecified atom stereocenters. The van der Waals surface area contributed by atoms with Crippen LogP contribution in [0.3, 0.4) is 0 Å². The molecule has 1 aromatic heterocycles. The first-order valence-electron chi connectivity index (χ1n) is 9.52. The Balaban J connectivity index is 1.70. The molecule has 0 fully saturated rings. The molecule has 0 aliphatic rings. The van der Waals surface area contributed by atoms with Crippen molar-refractivity contribution < 1.29 is 17.6 Å². The molecule has 0 saturated heterocycles. The molecule has 0 saturated carbocycles. The van der Waals surface area contributed by atoms with Crippen LogP contribution in [0.2, 0.25) is 0 Å². The number of aromatic nitrogens is 1. The van der Waals surface area contributed by atoms with Gasteiger partial charge in [-0.25, -0.2) is 22.5 Å². The Morgan fingerprint density at radius 1 is 1.17 bits per heavy atom. The molecule has 3 aromatic rings. The summed E-state index contributed by atoms with van der Waals surface area (Å²) in [6.07, 6.45) is 1.11. The third-order valence-electron chi connectivity index (χ3n) is 4.76. The lowest BCUT2D eigenvalue weighted by Crippen LogP contribution is -2.26. The fourth-order valence-corrected chi connectivity index (χ4v) is 5.14. The Labute approximate surface area is 180 Å². The van der Waals surface area contributed by atoms with Gasteiger partial charge in [-0.3, -0.25) is 4.79 Å². The molecule has 0 spiro atoms. The molecule has 2 aromatic carbocycles. The van der Waals surface area contributed by atoms with Crippen molar-refractivity contribution in [1.82, 2.24) is 9.71 Å². The zero-order chi connectivity index (χ0) is 21.9. The average molecular weight is 447 g/mol. The predicted octanol–water partition coefficient (Wildman–Crippen LogP) is 4.71. The van der Waals surface area contributed by atoms with Crippen LogP contribution in [0.1, 0.15) is 46.3 Å². The van der Waals surface area contributed by atoms with Crippen molar-refractivity contribution >= 4 is 27.6 Å². The van der Waals surface area contributed by atoms with Gasteiger partial charge in [-0.1, -0.05) is 19.9 Å². The molecule has 0 aliphatic carbocycles. The van der Waals surface area contributed by atoms with E-state index in [1.165, 1.54) is 35.6 Å². The Morgan fingerprint density at radius 2 is 1.87 bits per heavy atom. The van der Waals surface area contributed by atoms with E-state index >= 15 is 0 Å². The molecular weight excluding hydrogens is 423 g/mol. The summed E-state index contributed by atoms with van der Waals surface area (Å²) >= 11 is 1.49. The van der Waals surface area contributed by atoms with E-state index in [-0.39, 0.29) is 23.2 Å². The highest BCUT2D eigenvalue weighted by atomic mass is 32.2. The molecule has 8 heteroatoms. The average Bonchev–Trinajstić information content (AvgIpc) is 3.08. The molecule has 0 aliphatic heterocycles. The van der Waals surface area contributed by atoms with Crippen LogP contribution in [-0.2, 0) is 16.4 Å². The van der Waals surface area contributed by atoms with Crippen LogP contribution in [0.5, 0.6) is 0 Å². The molecule has 0 atom stereocenters. The van der Waals surface area contributed by atoms with Gasteiger partial charge in [0.05, 0.1) is 10.6 Å². The topological polar surface area (TPSA) is 76.1 Å². The van der Waals surface area contributed by atoms with Gasteiger partial charge in [-0.05, 0) is 54.8 Å². The third kappa shape index (κ3) is 5.00. The first-order chi connectivity index (χ1) is 14.2. The monoisotopic (exact) mass is 446 g/mol. The number of carbonyl (C=O) groups is 1. The Bertz CT molecular complexity index is 1150. The van der Waals surface area contributed by atoms with Crippen molar-refractivity contribution in [2.75, 3.05) is 6.54 Å². The number of rotatable bonds is 8. The number of thiazole rings is 1. The van der Waals surface area contributed by atoms with Gasteiger partial charge >= 0.3 is 0 Å². The number of hydrogen-bond acceptors (Lipinski definition) is 5. The van der Waals surface area contributed by atoms with Gasteiger partial charge in [0.15, 0.2) is 0 Å². The fraction of sp³-hybridized carbons (Fsp3) is 0.273. The molecule has 5 nitrogen and oxygen atoms in total. The number of carbonyl (C=O) groups excluding carboxylic acids is 1. The first-order valence-corrected chi connectivity index (χ1v) is 11.8. The number of hydrogen-bond donors (Lipinski definition) is 1. The van der Waals surface area contributed by atoms with E-state index in [0.29, 0.717) is 18.3 Å². The number of aryl methyl sites for hydroxylation is 1. The Morgan fingerprint density at radius 3 is 2.50 bits per heavy atom. The highest BCUT2D eigenvalue weighted by Crippen LogP contribution is 2.28. The summed E-state index contributed by atoms with van der Waals surface area (Å²) in [5, 5.41) is 0.769. The third-order valence-corrected chi connectivity index (χ3v) is 7.28. The van der Waals surface area contributed by atoms with E-state index in [1.54, 1.807) is 18.2 Å². The van der Waals surface area contributed by atoms with E-state index in [0.717, 1.165) is 26.7 Å². The van der Waals surface area contributed by atoms with Crippen LogP contribution in [0, 0.1) is 12.7 Å². The van der Waals surface area contributed by atoms with Crippen molar-refractivity contribution in [3.63, 3.8) is 0 Å². The minimum absolute atomic E-state index is 0.0657. The summed E-state index contributed by atoms with van der Waals surface area (Å²) in [7, 11) is -3.74. The molecule has 158 valence electrons. The summed E-state index contributed by atoms with van der Waals surface area (Å²) in [5.74, 6) is -0.182. The number of sulfonamides is 1. The highest BCUT2D eigenvalue weighted by Gasteiger charge is 2.17. The Hall–Kier alpha value is -2.42. The predicted molar refractivity (Wildman–Crippen MR) is 117 cm³/mol. The second kappa shape index (κ2) is 9.16. The summed E-state index contributed by atoms with van der Waals surface area (Å²) < 4.78 is 41.0. The minimum Gasteiger partial charge on any atom is -0.298 e. The van der Waals surface area contributed by atoms with Crippen LogP contribution in [0.4, 0.5) is 4.39 Å². The van der Waals surface area contributed by atoms with E-state index in [9.17, 15) is 17.6 Å². The highest BCUT2D eigenvalue weighted by molar-refractivity contribution is 7.89. The first kappa shape index (κ1) is 22.3. The minimum atomic E-state index is -3.74. The van der Waals surface area contributed by atoms with Crippen LogP contribution < -0.4 is 4.72 Å². The zero-order valence-electron chi connectivity index (χ0n) is 17.0. The summed E-state index contributed by atoms with van der Waals surface area (Å²) in [4.78, 5) is 17.0. The Kier molecular flexibility index (Phi) is 6.80. The maximum Gasteiger partial charge on any atom is 0.240 e. The van der Waals surface area contributed by atoms with Crippen molar-refractivity contribution in [3.05, 3.63) is 70.0 Å². The van der Waals surface area contributed by atoms with Crippen LogP contribution in [0.25, 0.3) is 10.6 Å². The van der Waals surface area contributed by atoms with E-state index in [2.05, 4.69) is 9.71 Å². The quantitative estimate of drug-likeness (QED) is 0.508. The fourth-order valence-electron chi connectivity index (χ4n) is 3.11. The van der Waals surface area contributed by atoms with Gasteiger partial charge in [-0.2, -0.15) is 0 Å². The summed E-state index contributed by atoms with van der Waals surface area (Å²) in [5.41, 5.74) is 2.82. The largest absolute Gasteiger partial charge is 0.298 e. The molecular formula is C22H23FN2O3S2. The second-order valence-corrected chi connectivity index (χ2v) is 10.2. The molecule has 0 radical (unpaired) electrons. The maximum atomic E-state index is 13.1. The number of nitrogens with zero attached hydrogens (tertiary/aromatic N) is 1. The summed E-state index contributed by atoms with van der Waals surface area (Å²) in [6, 6.07) is 10.7. The van der Waals surface area contributed by atoms with Gasteiger partial charge in [0.25, 0.3) is 0 Å². The van der Waals surface area contributed by atoms with Gasteiger partial charge in [0, 0.05) is 29.0 Å². The van der Waals surface area contributed by atoms with Crippen molar-refractivity contribution in [2.24, 2.45) is 0 Å². The lowest BCUT2D eigenvalue weighted by atomic mass is 9.98.